The summed E-state index contributed by atoms with van der Waals surface area (Å²) < 4.78 is 21.4. The standard InChI is InChI=1S/C8H17NO3S/c1-9(2)6-4-8(10)5-7-13(3,11)12/h4-7H2,1-3H3. The van der Waals surface area contributed by atoms with Gasteiger partial charge < -0.3 is 4.90 Å². The van der Waals surface area contributed by atoms with E-state index in [0.29, 0.717) is 13.0 Å². The second kappa shape index (κ2) is 5.34. The number of hydrogen-bond donors (Lipinski definition) is 0. The number of rotatable bonds is 6. The molecule has 0 atom stereocenters. The van der Waals surface area contributed by atoms with E-state index in [2.05, 4.69) is 0 Å². The molecule has 78 valence electrons. The minimum absolute atomic E-state index is 0.0131. The van der Waals surface area contributed by atoms with Crippen LogP contribution < -0.4 is 0 Å². The van der Waals surface area contributed by atoms with Gasteiger partial charge in [-0.25, -0.2) is 8.42 Å². The summed E-state index contributed by atoms with van der Waals surface area (Å²) in [5.41, 5.74) is 0. The summed E-state index contributed by atoms with van der Waals surface area (Å²) in [6.07, 6.45) is 1.72. The lowest BCUT2D eigenvalue weighted by Gasteiger charge is -2.07. The fraction of sp³-hybridized carbons (Fsp3) is 0.875. The van der Waals surface area contributed by atoms with Crippen molar-refractivity contribution in [2.24, 2.45) is 0 Å². The SMILES string of the molecule is CN(C)CCC(=O)CCS(C)(=O)=O. The monoisotopic (exact) mass is 207 g/mol. The highest BCUT2D eigenvalue weighted by molar-refractivity contribution is 7.90. The summed E-state index contributed by atoms with van der Waals surface area (Å²) in [6, 6.07) is 0. The van der Waals surface area contributed by atoms with Crippen LogP contribution in [0, 0.1) is 0 Å². The first-order chi connectivity index (χ1) is 5.81. The quantitative estimate of drug-likeness (QED) is 0.612. The van der Waals surface area contributed by atoms with E-state index in [9.17, 15) is 13.2 Å². The Kier molecular flexibility index (Phi) is 5.17. The lowest BCUT2D eigenvalue weighted by molar-refractivity contribution is -0.118. The fourth-order valence-corrected chi connectivity index (χ4v) is 1.37. The number of nitrogens with zero attached hydrogens (tertiary/aromatic N) is 1. The first-order valence-electron chi connectivity index (χ1n) is 4.15. The van der Waals surface area contributed by atoms with Gasteiger partial charge in [-0.15, -0.1) is 0 Å². The third kappa shape index (κ3) is 9.49. The molecule has 5 heteroatoms. The molecule has 0 saturated carbocycles. The van der Waals surface area contributed by atoms with E-state index < -0.39 is 9.84 Å². The molecule has 0 aliphatic heterocycles. The van der Waals surface area contributed by atoms with Crippen LogP contribution in [0.15, 0.2) is 0 Å². The van der Waals surface area contributed by atoms with E-state index in [1.54, 1.807) is 0 Å². The Morgan fingerprint density at radius 3 is 2.15 bits per heavy atom. The van der Waals surface area contributed by atoms with Gasteiger partial charge in [-0.3, -0.25) is 4.79 Å². The van der Waals surface area contributed by atoms with Gasteiger partial charge in [0.15, 0.2) is 0 Å². The lowest BCUT2D eigenvalue weighted by atomic mass is 10.2. The van der Waals surface area contributed by atoms with Gasteiger partial charge in [-0.2, -0.15) is 0 Å². The molecule has 0 aromatic heterocycles. The third-order valence-corrected chi connectivity index (χ3v) is 2.54. The number of carbonyl (C=O) groups excluding carboxylic acids is 1. The maximum absolute atomic E-state index is 11.1. The van der Waals surface area contributed by atoms with Gasteiger partial charge in [0, 0.05) is 25.6 Å². The largest absolute Gasteiger partial charge is 0.309 e. The predicted octanol–water partition coefficient (Wildman–Crippen LogP) is -0.0581. The van der Waals surface area contributed by atoms with Crippen LogP contribution in [0.1, 0.15) is 12.8 Å². The van der Waals surface area contributed by atoms with Crippen molar-refractivity contribution in [3.8, 4) is 0 Å². The van der Waals surface area contributed by atoms with E-state index in [1.807, 2.05) is 19.0 Å². The van der Waals surface area contributed by atoms with Crippen LogP contribution >= 0.6 is 0 Å². The van der Waals surface area contributed by atoms with Gasteiger partial charge in [0.2, 0.25) is 0 Å². The molecule has 0 spiro atoms. The number of carbonyl (C=O) groups is 1. The Balaban J connectivity index is 3.65. The highest BCUT2D eigenvalue weighted by Crippen LogP contribution is 1.95. The Labute approximate surface area is 79.8 Å². The summed E-state index contributed by atoms with van der Waals surface area (Å²) in [5, 5.41) is 0. The van der Waals surface area contributed by atoms with Gasteiger partial charge in [0.1, 0.15) is 15.6 Å². The molecule has 0 saturated heterocycles. The summed E-state index contributed by atoms with van der Waals surface area (Å²) in [7, 11) is 0.765. The van der Waals surface area contributed by atoms with Crippen molar-refractivity contribution in [3.63, 3.8) is 0 Å². The van der Waals surface area contributed by atoms with Crippen LogP contribution in [0.4, 0.5) is 0 Å². The van der Waals surface area contributed by atoms with Gasteiger partial charge >= 0.3 is 0 Å². The van der Waals surface area contributed by atoms with E-state index in [4.69, 9.17) is 0 Å². The first kappa shape index (κ1) is 12.6. The minimum Gasteiger partial charge on any atom is -0.309 e. The summed E-state index contributed by atoms with van der Waals surface area (Å²) in [5.74, 6) is -0.0154. The van der Waals surface area contributed by atoms with E-state index >= 15 is 0 Å². The molecule has 0 fully saturated rings. The van der Waals surface area contributed by atoms with Crippen molar-refractivity contribution in [2.45, 2.75) is 12.8 Å². The zero-order valence-electron chi connectivity index (χ0n) is 8.41. The zero-order chi connectivity index (χ0) is 10.5. The average Bonchev–Trinajstić information content (AvgIpc) is 1.95. The van der Waals surface area contributed by atoms with E-state index in [1.165, 1.54) is 0 Å². The maximum Gasteiger partial charge on any atom is 0.147 e. The minimum atomic E-state index is -2.99. The molecule has 0 aromatic carbocycles. The number of hydrogen-bond acceptors (Lipinski definition) is 4. The van der Waals surface area contributed by atoms with Gasteiger partial charge in [0.25, 0.3) is 0 Å². The third-order valence-electron chi connectivity index (χ3n) is 1.59. The molecular formula is C8H17NO3S. The predicted molar refractivity (Wildman–Crippen MR) is 52.5 cm³/mol. The van der Waals surface area contributed by atoms with Crippen LogP contribution in [0.25, 0.3) is 0 Å². The normalized spacial score (nSPS) is 12.0. The molecule has 0 unspecified atom stereocenters. The van der Waals surface area contributed by atoms with Gasteiger partial charge in [-0.1, -0.05) is 0 Å². The van der Waals surface area contributed by atoms with Crippen molar-refractivity contribution in [1.29, 1.82) is 0 Å². The van der Waals surface area contributed by atoms with Gasteiger partial charge in [-0.05, 0) is 14.1 Å². The molecule has 4 nitrogen and oxygen atoms in total. The molecule has 0 heterocycles. The molecule has 0 rings (SSSR count). The molecule has 0 aliphatic rings. The van der Waals surface area contributed by atoms with E-state index in [0.717, 1.165) is 6.26 Å². The molecule has 0 aliphatic carbocycles. The molecule has 0 aromatic rings. The number of ketones is 1. The van der Waals surface area contributed by atoms with Crippen molar-refractivity contribution in [1.82, 2.24) is 4.90 Å². The summed E-state index contributed by atoms with van der Waals surface area (Å²) >= 11 is 0. The Hall–Kier alpha value is -0.420. The number of Topliss-reactive ketones (excluding diaryl/α,β-unsaturated/α-hetero) is 1. The fourth-order valence-electron chi connectivity index (χ4n) is 0.773. The lowest BCUT2D eigenvalue weighted by Crippen LogP contribution is -2.18. The van der Waals surface area contributed by atoms with Crippen LogP contribution in [-0.2, 0) is 14.6 Å². The Bertz CT molecular complexity index is 257. The van der Waals surface area contributed by atoms with Crippen LogP contribution in [0.2, 0.25) is 0 Å². The van der Waals surface area contributed by atoms with Crippen LogP contribution in [0.3, 0.4) is 0 Å². The van der Waals surface area contributed by atoms with E-state index in [-0.39, 0.29) is 18.0 Å². The van der Waals surface area contributed by atoms with Crippen LogP contribution in [0.5, 0.6) is 0 Å². The molecule has 0 radical (unpaired) electrons. The van der Waals surface area contributed by atoms with Crippen molar-refractivity contribution >= 4 is 15.6 Å². The van der Waals surface area contributed by atoms with Crippen molar-refractivity contribution in [3.05, 3.63) is 0 Å². The molecule has 0 amide bonds. The first-order valence-corrected chi connectivity index (χ1v) is 6.21. The van der Waals surface area contributed by atoms with Crippen molar-refractivity contribution < 1.29 is 13.2 Å². The molecule has 0 bridgehead atoms. The highest BCUT2D eigenvalue weighted by Gasteiger charge is 2.07. The Morgan fingerprint density at radius 1 is 1.23 bits per heavy atom. The topological polar surface area (TPSA) is 54.5 Å². The summed E-state index contributed by atoms with van der Waals surface area (Å²) in [4.78, 5) is 13.0. The second-order valence-electron chi connectivity index (χ2n) is 3.47. The molecular weight excluding hydrogens is 190 g/mol. The average molecular weight is 207 g/mol. The smallest absolute Gasteiger partial charge is 0.147 e. The maximum atomic E-state index is 11.1. The highest BCUT2D eigenvalue weighted by atomic mass is 32.2. The van der Waals surface area contributed by atoms with Crippen LogP contribution in [-0.4, -0.2) is 51.7 Å². The van der Waals surface area contributed by atoms with Crippen molar-refractivity contribution in [2.75, 3.05) is 32.6 Å². The summed E-state index contributed by atoms with van der Waals surface area (Å²) in [6.45, 7) is 0.683. The Morgan fingerprint density at radius 2 is 1.77 bits per heavy atom. The molecule has 13 heavy (non-hydrogen) atoms. The van der Waals surface area contributed by atoms with Gasteiger partial charge in [0.05, 0.1) is 5.75 Å². The second-order valence-corrected chi connectivity index (χ2v) is 5.73. The molecule has 0 N–H and O–H groups in total. The number of sulfone groups is 1. The zero-order valence-corrected chi connectivity index (χ0v) is 9.23.